The highest BCUT2D eigenvalue weighted by Crippen LogP contribution is 2.30. The lowest BCUT2D eigenvalue weighted by molar-refractivity contribution is -0.0457. The van der Waals surface area contributed by atoms with E-state index in [1.165, 1.54) is 10.1 Å². The monoisotopic (exact) mass is 370 g/mol. The van der Waals surface area contributed by atoms with Gasteiger partial charge in [-0.25, -0.2) is 4.79 Å². The summed E-state index contributed by atoms with van der Waals surface area (Å²) in [6, 6.07) is 9.97. The number of aliphatic hydroxyl groups excluding tert-OH is 2. The minimum atomic E-state index is -0.816. The number of furan rings is 1. The van der Waals surface area contributed by atoms with Gasteiger partial charge < -0.3 is 19.4 Å². The lowest BCUT2D eigenvalue weighted by atomic mass is 10.1. The molecule has 2 aromatic heterocycles. The van der Waals surface area contributed by atoms with Crippen LogP contribution in [0.4, 0.5) is 0 Å². The molecular formula is C20H22N2O5. The molecule has 1 fully saturated rings. The Morgan fingerprint density at radius 2 is 2.07 bits per heavy atom. The number of aromatic nitrogens is 2. The topological polar surface area (TPSA) is 97.7 Å². The van der Waals surface area contributed by atoms with Crippen LogP contribution in [0.15, 0.2) is 45.7 Å². The largest absolute Gasteiger partial charge is 0.437 e. The number of rotatable bonds is 5. The first kappa shape index (κ1) is 17.9. The van der Waals surface area contributed by atoms with Crippen LogP contribution in [-0.4, -0.2) is 38.6 Å². The lowest BCUT2D eigenvalue weighted by Gasteiger charge is -2.13. The van der Waals surface area contributed by atoms with Gasteiger partial charge in [0.2, 0.25) is 5.71 Å². The van der Waals surface area contributed by atoms with Crippen molar-refractivity contribution < 1.29 is 19.4 Å². The average molecular weight is 370 g/mol. The van der Waals surface area contributed by atoms with Crippen LogP contribution in [0.25, 0.3) is 22.4 Å². The molecular weight excluding hydrogens is 348 g/mol. The van der Waals surface area contributed by atoms with Gasteiger partial charge >= 0.3 is 5.69 Å². The van der Waals surface area contributed by atoms with Crippen molar-refractivity contribution in [3.63, 3.8) is 0 Å². The Bertz CT molecular complexity index is 992. The molecule has 1 saturated heterocycles. The summed E-state index contributed by atoms with van der Waals surface area (Å²) >= 11 is 0. The molecule has 3 heterocycles. The Balaban J connectivity index is 1.66. The highest BCUT2D eigenvalue weighted by molar-refractivity contribution is 5.79. The smallest absolute Gasteiger partial charge is 0.353 e. The third-order valence-corrected chi connectivity index (χ3v) is 4.91. The standard InChI is InChI=1S/C20H22N2O5/c1-2-3-12-4-6-13(7-5-12)16-8-14-10-22(20(25)21-19(14)27-16)18-9-15(24)17(11-23)26-18/h4-8,10,15,17-18,23-24H,2-3,9,11H2,1H3. The molecule has 1 aliphatic heterocycles. The van der Waals surface area contributed by atoms with Crippen LogP contribution in [0.5, 0.6) is 0 Å². The number of ether oxygens (including phenoxy) is 1. The molecule has 7 nitrogen and oxygen atoms in total. The average Bonchev–Trinajstić information content (AvgIpc) is 3.24. The Kier molecular flexibility index (Phi) is 4.82. The summed E-state index contributed by atoms with van der Waals surface area (Å²) in [5.74, 6) is 0.637. The molecule has 0 spiro atoms. The quantitative estimate of drug-likeness (QED) is 0.715. The molecule has 0 bridgehead atoms. The lowest BCUT2D eigenvalue weighted by Crippen LogP contribution is -2.27. The van der Waals surface area contributed by atoms with Crippen molar-refractivity contribution in [3.05, 3.63) is 52.6 Å². The molecule has 0 saturated carbocycles. The van der Waals surface area contributed by atoms with Crippen molar-refractivity contribution in [2.75, 3.05) is 6.61 Å². The first-order valence-corrected chi connectivity index (χ1v) is 9.15. The van der Waals surface area contributed by atoms with Gasteiger partial charge in [-0.15, -0.1) is 0 Å². The van der Waals surface area contributed by atoms with Crippen molar-refractivity contribution in [3.8, 4) is 11.3 Å². The molecule has 0 aliphatic carbocycles. The van der Waals surface area contributed by atoms with E-state index in [9.17, 15) is 15.0 Å². The van der Waals surface area contributed by atoms with Crippen molar-refractivity contribution in [2.24, 2.45) is 0 Å². The van der Waals surface area contributed by atoms with E-state index in [0.29, 0.717) is 11.1 Å². The van der Waals surface area contributed by atoms with E-state index in [2.05, 4.69) is 24.0 Å². The van der Waals surface area contributed by atoms with E-state index in [4.69, 9.17) is 9.15 Å². The van der Waals surface area contributed by atoms with E-state index < -0.39 is 24.1 Å². The van der Waals surface area contributed by atoms with Crippen LogP contribution in [0.2, 0.25) is 0 Å². The summed E-state index contributed by atoms with van der Waals surface area (Å²) in [6.45, 7) is 1.84. The molecule has 3 unspecified atom stereocenters. The van der Waals surface area contributed by atoms with Crippen LogP contribution < -0.4 is 5.69 Å². The van der Waals surface area contributed by atoms with Gasteiger partial charge in [0.1, 0.15) is 18.1 Å². The fourth-order valence-corrected chi connectivity index (χ4v) is 3.45. The Labute approximate surface area is 155 Å². The number of hydrogen-bond donors (Lipinski definition) is 2. The summed E-state index contributed by atoms with van der Waals surface area (Å²) in [5.41, 5.74) is 1.93. The number of aliphatic hydroxyl groups is 2. The Hall–Kier alpha value is -2.48. The predicted octanol–water partition coefficient (Wildman–Crippen LogP) is 2.25. The van der Waals surface area contributed by atoms with Crippen molar-refractivity contribution in [1.82, 2.24) is 9.55 Å². The molecule has 1 aliphatic rings. The maximum Gasteiger partial charge on any atom is 0.353 e. The van der Waals surface area contributed by atoms with Crippen molar-refractivity contribution in [2.45, 2.75) is 44.6 Å². The summed E-state index contributed by atoms with van der Waals surface area (Å²) in [7, 11) is 0. The molecule has 142 valence electrons. The highest BCUT2D eigenvalue weighted by atomic mass is 16.5. The SMILES string of the molecule is CCCc1ccc(-c2cc3cn(C4CC(O)C(CO)O4)c(=O)nc3o2)cc1. The van der Waals surface area contributed by atoms with Gasteiger partial charge in [0.25, 0.3) is 0 Å². The number of fused-ring (bicyclic) bond motifs is 1. The first-order chi connectivity index (χ1) is 13.1. The summed E-state index contributed by atoms with van der Waals surface area (Å²) in [5, 5.41) is 19.8. The summed E-state index contributed by atoms with van der Waals surface area (Å²) in [6.07, 6.45) is 1.80. The van der Waals surface area contributed by atoms with E-state index in [-0.39, 0.29) is 18.7 Å². The molecule has 0 radical (unpaired) electrons. The van der Waals surface area contributed by atoms with Gasteiger partial charge in [0.05, 0.1) is 18.1 Å². The molecule has 4 rings (SSSR count). The van der Waals surface area contributed by atoms with Crippen LogP contribution in [0.3, 0.4) is 0 Å². The number of aryl methyl sites for hydroxylation is 1. The molecule has 3 aromatic rings. The Morgan fingerprint density at radius 3 is 2.74 bits per heavy atom. The zero-order valence-corrected chi connectivity index (χ0v) is 15.0. The molecule has 1 aromatic carbocycles. The molecule has 2 N–H and O–H groups in total. The maximum atomic E-state index is 12.4. The fourth-order valence-electron chi connectivity index (χ4n) is 3.45. The summed E-state index contributed by atoms with van der Waals surface area (Å²) in [4.78, 5) is 16.4. The summed E-state index contributed by atoms with van der Waals surface area (Å²) < 4.78 is 12.7. The third-order valence-electron chi connectivity index (χ3n) is 4.91. The highest BCUT2D eigenvalue weighted by Gasteiger charge is 2.35. The van der Waals surface area contributed by atoms with Gasteiger partial charge in [-0.1, -0.05) is 37.6 Å². The van der Waals surface area contributed by atoms with Crippen LogP contribution in [-0.2, 0) is 11.2 Å². The second-order valence-electron chi connectivity index (χ2n) is 6.86. The predicted molar refractivity (Wildman–Crippen MR) is 99.3 cm³/mol. The zero-order valence-electron chi connectivity index (χ0n) is 15.0. The van der Waals surface area contributed by atoms with Gasteiger partial charge in [0, 0.05) is 18.2 Å². The normalized spacial score (nSPS) is 22.6. The Morgan fingerprint density at radius 1 is 1.30 bits per heavy atom. The molecule has 7 heteroatoms. The second-order valence-corrected chi connectivity index (χ2v) is 6.86. The first-order valence-electron chi connectivity index (χ1n) is 9.15. The number of benzene rings is 1. The van der Waals surface area contributed by atoms with Gasteiger partial charge in [0.15, 0.2) is 0 Å². The third kappa shape index (κ3) is 3.41. The van der Waals surface area contributed by atoms with E-state index in [0.717, 1.165) is 18.4 Å². The molecule has 0 amide bonds. The van der Waals surface area contributed by atoms with Gasteiger partial charge in [-0.2, -0.15) is 4.98 Å². The van der Waals surface area contributed by atoms with E-state index >= 15 is 0 Å². The second kappa shape index (κ2) is 7.26. The van der Waals surface area contributed by atoms with Crippen molar-refractivity contribution in [1.29, 1.82) is 0 Å². The molecule has 3 atom stereocenters. The maximum absolute atomic E-state index is 12.4. The number of hydrogen-bond acceptors (Lipinski definition) is 6. The van der Waals surface area contributed by atoms with Crippen molar-refractivity contribution >= 4 is 11.1 Å². The zero-order chi connectivity index (χ0) is 19.0. The molecule has 27 heavy (non-hydrogen) atoms. The fraction of sp³-hybridized carbons (Fsp3) is 0.400. The van der Waals surface area contributed by atoms with Crippen LogP contribution >= 0.6 is 0 Å². The van der Waals surface area contributed by atoms with Gasteiger partial charge in [-0.05, 0) is 18.1 Å². The number of nitrogens with zero attached hydrogens (tertiary/aromatic N) is 2. The minimum absolute atomic E-state index is 0.224. The van der Waals surface area contributed by atoms with Gasteiger partial charge in [-0.3, -0.25) is 4.57 Å². The van der Waals surface area contributed by atoms with E-state index in [1.54, 1.807) is 6.20 Å². The van der Waals surface area contributed by atoms with Crippen LogP contribution in [0, 0.1) is 0 Å². The minimum Gasteiger partial charge on any atom is -0.437 e. The van der Waals surface area contributed by atoms with E-state index in [1.807, 2.05) is 18.2 Å². The van der Waals surface area contributed by atoms with Crippen LogP contribution in [0.1, 0.15) is 31.6 Å².